The summed E-state index contributed by atoms with van der Waals surface area (Å²) in [5.74, 6) is 0.805. The number of rotatable bonds is 0. The zero-order valence-corrected chi connectivity index (χ0v) is 6.71. The molecule has 2 bridgehead atoms. The normalized spacial score (nSPS) is 37.6. The van der Waals surface area contributed by atoms with E-state index in [1.165, 1.54) is 12.8 Å². The van der Waals surface area contributed by atoms with Gasteiger partial charge in [-0.25, -0.2) is 0 Å². The van der Waals surface area contributed by atoms with Crippen molar-refractivity contribution in [3.05, 3.63) is 0 Å². The van der Waals surface area contributed by atoms with E-state index >= 15 is 0 Å². The highest BCUT2D eigenvalue weighted by Gasteiger charge is 2.28. The molecule has 0 spiro atoms. The molecule has 0 aromatic carbocycles. The number of esters is 1. The van der Waals surface area contributed by atoms with Gasteiger partial charge in [-0.15, -0.1) is 0 Å². The summed E-state index contributed by atoms with van der Waals surface area (Å²) in [6.07, 6.45) is 6.78. The van der Waals surface area contributed by atoms with Crippen molar-refractivity contribution in [3.8, 4) is 0 Å². The molecular formula is C9H14O2. The lowest BCUT2D eigenvalue weighted by molar-refractivity contribution is -0.148. The van der Waals surface area contributed by atoms with Gasteiger partial charge in [0.15, 0.2) is 0 Å². The molecule has 2 atom stereocenters. The third kappa shape index (κ3) is 1.55. The number of hydrogen-bond donors (Lipinski definition) is 0. The lowest BCUT2D eigenvalue weighted by Gasteiger charge is -2.24. The van der Waals surface area contributed by atoms with Crippen molar-refractivity contribution in [2.75, 3.05) is 0 Å². The summed E-state index contributed by atoms with van der Waals surface area (Å²) in [5.41, 5.74) is 0. The molecule has 2 heteroatoms. The summed E-state index contributed by atoms with van der Waals surface area (Å²) >= 11 is 0. The van der Waals surface area contributed by atoms with E-state index < -0.39 is 0 Å². The van der Waals surface area contributed by atoms with Crippen molar-refractivity contribution in [2.45, 2.75) is 44.6 Å². The van der Waals surface area contributed by atoms with Crippen LogP contribution in [0.4, 0.5) is 0 Å². The van der Waals surface area contributed by atoms with E-state index in [9.17, 15) is 4.79 Å². The molecule has 0 amide bonds. The Balaban J connectivity index is 2.04. The summed E-state index contributed by atoms with van der Waals surface area (Å²) < 4.78 is 5.24. The fourth-order valence-corrected chi connectivity index (χ4v) is 2.18. The average Bonchev–Trinajstić information content (AvgIpc) is 2.12. The van der Waals surface area contributed by atoms with Crippen LogP contribution in [-0.4, -0.2) is 12.1 Å². The average molecular weight is 154 g/mol. The van der Waals surface area contributed by atoms with Crippen LogP contribution in [0.25, 0.3) is 0 Å². The summed E-state index contributed by atoms with van der Waals surface area (Å²) in [6.45, 7) is 0. The molecule has 2 nitrogen and oxygen atoms in total. The van der Waals surface area contributed by atoms with E-state index in [1.807, 2.05) is 0 Å². The molecule has 0 aromatic heterocycles. The highest BCUT2D eigenvalue weighted by atomic mass is 16.5. The molecular weight excluding hydrogens is 140 g/mol. The molecule has 11 heavy (non-hydrogen) atoms. The van der Waals surface area contributed by atoms with Gasteiger partial charge < -0.3 is 4.74 Å². The zero-order chi connectivity index (χ0) is 7.68. The number of ether oxygens (including phenoxy) is 1. The first-order valence-electron chi connectivity index (χ1n) is 4.54. The highest BCUT2D eigenvalue weighted by molar-refractivity contribution is 5.69. The maximum Gasteiger partial charge on any atom is 0.306 e. The standard InChI is InChI=1S/C9H14O2/c10-9-5-4-7-2-1-3-8(6-7)11-9/h7-8H,1-6H2/t7-,8-/m1/s1. The van der Waals surface area contributed by atoms with Crippen LogP contribution in [0.15, 0.2) is 0 Å². The second-order valence-electron chi connectivity index (χ2n) is 3.68. The molecule has 1 saturated heterocycles. The maximum absolute atomic E-state index is 11.0. The Morgan fingerprint density at radius 2 is 2.18 bits per heavy atom. The quantitative estimate of drug-likeness (QED) is 0.498. The number of fused-ring (bicyclic) bond motifs is 2. The van der Waals surface area contributed by atoms with E-state index in [-0.39, 0.29) is 12.1 Å². The SMILES string of the molecule is O=C1CC[C@H]2CCC[C@H](C2)O1. The van der Waals surface area contributed by atoms with Crippen molar-refractivity contribution >= 4 is 5.97 Å². The Kier molecular flexibility index (Phi) is 1.84. The number of hydrogen-bond acceptors (Lipinski definition) is 2. The van der Waals surface area contributed by atoms with Crippen molar-refractivity contribution in [3.63, 3.8) is 0 Å². The van der Waals surface area contributed by atoms with Crippen LogP contribution < -0.4 is 0 Å². The Morgan fingerprint density at radius 3 is 3.09 bits per heavy atom. The predicted octanol–water partition coefficient (Wildman–Crippen LogP) is 1.88. The summed E-state index contributed by atoms with van der Waals surface area (Å²) in [5, 5.41) is 0. The molecule has 62 valence electrons. The molecule has 1 aliphatic carbocycles. The van der Waals surface area contributed by atoms with Gasteiger partial charge in [-0.2, -0.15) is 0 Å². The van der Waals surface area contributed by atoms with Crippen LogP contribution in [0.5, 0.6) is 0 Å². The Morgan fingerprint density at radius 1 is 1.27 bits per heavy atom. The largest absolute Gasteiger partial charge is 0.462 e. The Labute approximate surface area is 66.9 Å². The first-order chi connectivity index (χ1) is 5.34. The summed E-state index contributed by atoms with van der Waals surface area (Å²) in [4.78, 5) is 11.0. The maximum atomic E-state index is 11.0. The van der Waals surface area contributed by atoms with Crippen molar-refractivity contribution in [1.29, 1.82) is 0 Å². The van der Waals surface area contributed by atoms with Gasteiger partial charge in [0.2, 0.25) is 0 Å². The minimum atomic E-state index is 0.0272. The summed E-state index contributed by atoms with van der Waals surface area (Å²) in [6, 6.07) is 0. The second kappa shape index (κ2) is 2.84. The molecule has 2 rings (SSSR count). The minimum absolute atomic E-state index is 0.0272. The van der Waals surface area contributed by atoms with Gasteiger partial charge in [-0.05, 0) is 31.6 Å². The van der Waals surface area contributed by atoms with Gasteiger partial charge in [0, 0.05) is 6.42 Å². The van der Waals surface area contributed by atoms with E-state index in [2.05, 4.69) is 0 Å². The van der Waals surface area contributed by atoms with Crippen molar-refractivity contribution < 1.29 is 9.53 Å². The van der Waals surface area contributed by atoms with E-state index in [1.54, 1.807) is 0 Å². The molecule has 0 N–H and O–H groups in total. The first-order valence-corrected chi connectivity index (χ1v) is 4.54. The third-order valence-electron chi connectivity index (χ3n) is 2.79. The molecule has 2 fully saturated rings. The molecule has 2 aliphatic rings. The topological polar surface area (TPSA) is 26.3 Å². The van der Waals surface area contributed by atoms with Crippen LogP contribution >= 0.6 is 0 Å². The lowest BCUT2D eigenvalue weighted by Crippen LogP contribution is -2.20. The molecule has 0 radical (unpaired) electrons. The van der Waals surface area contributed by atoms with Crippen LogP contribution in [-0.2, 0) is 9.53 Å². The second-order valence-corrected chi connectivity index (χ2v) is 3.68. The van der Waals surface area contributed by atoms with Gasteiger partial charge in [-0.3, -0.25) is 4.79 Å². The molecule has 1 saturated carbocycles. The predicted molar refractivity (Wildman–Crippen MR) is 41.1 cm³/mol. The fraction of sp³-hybridized carbons (Fsp3) is 0.889. The van der Waals surface area contributed by atoms with Crippen LogP contribution in [0, 0.1) is 5.92 Å². The molecule has 0 aromatic rings. The van der Waals surface area contributed by atoms with Crippen molar-refractivity contribution in [2.24, 2.45) is 5.92 Å². The van der Waals surface area contributed by atoms with E-state index in [4.69, 9.17) is 4.74 Å². The highest BCUT2D eigenvalue weighted by Crippen LogP contribution is 2.32. The number of carbonyl (C=O) groups is 1. The molecule has 0 unspecified atom stereocenters. The monoisotopic (exact) mass is 154 g/mol. The van der Waals surface area contributed by atoms with Crippen LogP contribution in [0.3, 0.4) is 0 Å². The smallest absolute Gasteiger partial charge is 0.306 e. The van der Waals surface area contributed by atoms with Crippen LogP contribution in [0.2, 0.25) is 0 Å². The Bertz CT molecular complexity index is 165. The van der Waals surface area contributed by atoms with E-state index in [0.29, 0.717) is 6.42 Å². The molecule has 1 heterocycles. The fourth-order valence-electron chi connectivity index (χ4n) is 2.18. The van der Waals surface area contributed by atoms with E-state index in [0.717, 1.165) is 25.2 Å². The van der Waals surface area contributed by atoms with Gasteiger partial charge in [-0.1, -0.05) is 6.42 Å². The van der Waals surface area contributed by atoms with Gasteiger partial charge >= 0.3 is 5.97 Å². The zero-order valence-electron chi connectivity index (χ0n) is 6.71. The minimum Gasteiger partial charge on any atom is -0.462 e. The first kappa shape index (κ1) is 7.14. The van der Waals surface area contributed by atoms with Crippen molar-refractivity contribution in [1.82, 2.24) is 0 Å². The molecule has 1 aliphatic heterocycles. The number of carbonyl (C=O) groups excluding carboxylic acids is 1. The summed E-state index contributed by atoms with van der Waals surface area (Å²) in [7, 11) is 0. The van der Waals surface area contributed by atoms with Crippen LogP contribution in [0.1, 0.15) is 38.5 Å². The lowest BCUT2D eigenvalue weighted by atomic mass is 9.85. The van der Waals surface area contributed by atoms with Gasteiger partial charge in [0.25, 0.3) is 0 Å². The van der Waals surface area contributed by atoms with Gasteiger partial charge in [0.05, 0.1) is 0 Å². The Hall–Kier alpha value is -0.530. The third-order valence-corrected chi connectivity index (χ3v) is 2.79. The van der Waals surface area contributed by atoms with Gasteiger partial charge in [0.1, 0.15) is 6.10 Å².